The van der Waals surface area contributed by atoms with E-state index >= 15 is 0 Å². The largest absolute Gasteiger partial charge is 0.336 e. The lowest BCUT2D eigenvalue weighted by molar-refractivity contribution is 0.0682. The van der Waals surface area contributed by atoms with Gasteiger partial charge in [-0.25, -0.2) is 9.97 Å². The summed E-state index contributed by atoms with van der Waals surface area (Å²) < 4.78 is 2.18. The maximum Gasteiger partial charge on any atom is 0.265 e. The van der Waals surface area contributed by atoms with Crippen molar-refractivity contribution in [2.75, 3.05) is 13.1 Å². The zero-order chi connectivity index (χ0) is 15.0. The van der Waals surface area contributed by atoms with Gasteiger partial charge in [-0.1, -0.05) is 0 Å². The number of rotatable bonds is 2. The first-order chi connectivity index (χ1) is 10.1. The van der Waals surface area contributed by atoms with E-state index in [-0.39, 0.29) is 5.91 Å². The molecule has 5 nitrogen and oxygen atoms in total. The molecule has 2 aromatic heterocycles. The van der Waals surface area contributed by atoms with Crippen LogP contribution in [0.5, 0.6) is 0 Å². The topological polar surface area (TPSA) is 51.0 Å². The summed E-state index contributed by atoms with van der Waals surface area (Å²) in [6.45, 7) is 7.46. The molecule has 3 rings (SSSR count). The van der Waals surface area contributed by atoms with Crippen molar-refractivity contribution in [1.82, 2.24) is 19.4 Å². The molecule has 0 aliphatic carbocycles. The molecular weight excluding hydrogens is 284 g/mol. The van der Waals surface area contributed by atoms with Crippen LogP contribution in [0.25, 0.3) is 0 Å². The molecule has 1 aliphatic heterocycles. The lowest BCUT2D eigenvalue weighted by Crippen LogP contribution is -2.40. The van der Waals surface area contributed by atoms with Crippen LogP contribution in [0.3, 0.4) is 0 Å². The lowest BCUT2D eigenvalue weighted by Gasteiger charge is -2.33. The van der Waals surface area contributed by atoms with E-state index in [1.165, 1.54) is 11.3 Å². The van der Waals surface area contributed by atoms with Gasteiger partial charge >= 0.3 is 0 Å². The Morgan fingerprint density at radius 3 is 2.81 bits per heavy atom. The molecule has 0 bridgehead atoms. The fourth-order valence-electron chi connectivity index (χ4n) is 3.01. The van der Waals surface area contributed by atoms with Crippen LogP contribution in [-0.4, -0.2) is 38.4 Å². The third-order valence-electron chi connectivity index (χ3n) is 4.04. The van der Waals surface area contributed by atoms with Gasteiger partial charge in [0.25, 0.3) is 5.91 Å². The number of aryl methyl sites for hydroxylation is 3. The number of aromatic nitrogens is 3. The monoisotopic (exact) mass is 304 g/mol. The highest BCUT2D eigenvalue weighted by atomic mass is 32.1. The van der Waals surface area contributed by atoms with Crippen LogP contribution in [0, 0.1) is 20.8 Å². The van der Waals surface area contributed by atoms with E-state index in [9.17, 15) is 4.79 Å². The van der Waals surface area contributed by atoms with Gasteiger partial charge in [0, 0.05) is 25.5 Å². The van der Waals surface area contributed by atoms with E-state index < -0.39 is 0 Å². The molecule has 2 aromatic rings. The molecule has 1 saturated heterocycles. The Hall–Kier alpha value is -1.69. The van der Waals surface area contributed by atoms with E-state index in [0.29, 0.717) is 6.04 Å². The molecule has 1 unspecified atom stereocenters. The second kappa shape index (κ2) is 5.60. The fraction of sp³-hybridized carbons (Fsp3) is 0.533. The summed E-state index contributed by atoms with van der Waals surface area (Å²) in [7, 11) is 0. The first kappa shape index (κ1) is 14.3. The zero-order valence-corrected chi connectivity index (χ0v) is 13.5. The molecule has 112 valence electrons. The molecule has 3 heterocycles. The highest BCUT2D eigenvalue weighted by molar-refractivity contribution is 7.13. The minimum Gasteiger partial charge on any atom is -0.336 e. The van der Waals surface area contributed by atoms with Crippen LogP contribution >= 0.6 is 11.3 Å². The average molecular weight is 304 g/mol. The number of piperidine rings is 1. The number of likely N-dealkylation sites (tertiary alicyclic amines) is 1. The second-order valence-corrected chi connectivity index (χ2v) is 6.78. The number of imidazole rings is 1. The summed E-state index contributed by atoms with van der Waals surface area (Å²) in [6.07, 6.45) is 5.97. The molecule has 6 heteroatoms. The van der Waals surface area contributed by atoms with E-state index in [1.807, 2.05) is 38.1 Å². The first-order valence-corrected chi connectivity index (χ1v) is 8.10. The Morgan fingerprint density at radius 1 is 1.38 bits per heavy atom. The number of hydrogen-bond acceptors (Lipinski definition) is 4. The minimum atomic E-state index is 0.126. The van der Waals surface area contributed by atoms with Gasteiger partial charge in [-0.15, -0.1) is 11.3 Å². The Bertz CT molecular complexity index is 660. The van der Waals surface area contributed by atoms with Gasteiger partial charge in [0.05, 0.1) is 16.7 Å². The van der Waals surface area contributed by atoms with Gasteiger partial charge in [-0.2, -0.15) is 0 Å². The number of nitrogens with zero attached hydrogens (tertiary/aromatic N) is 4. The second-order valence-electron chi connectivity index (χ2n) is 5.58. The van der Waals surface area contributed by atoms with Crippen LogP contribution in [0.2, 0.25) is 0 Å². The number of carbonyl (C=O) groups is 1. The number of hydrogen-bond donors (Lipinski definition) is 0. The fourth-order valence-corrected chi connectivity index (χ4v) is 3.90. The van der Waals surface area contributed by atoms with Crippen LogP contribution in [0.15, 0.2) is 12.4 Å². The Labute approximate surface area is 128 Å². The standard InChI is InChI=1S/C15H20N4OS/c1-10-14(21-12(3)17-10)15(20)18-7-4-5-13(9-18)19-8-6-16-11(19)2/h6,8,13H,4-5,7,9H2,1-3H3. The third kappa shape index (κ3) is 2.72. The summed E-state index contributed by atoms with van der Waals surface area (Å²) in [5.74, 6) is 1.14. The van der Waals surface area contributed by atoms with E-state index in [4.69, 9.17) is 0 Å². The van der Waals surface area contributed by atoms with Crippen molar-refractivity contribution < 1.29 is 4.79 Å². The molecule has 0 N–H and O–H groups in total. The van der Waals surface area contributed by atoms with E-state index in [1.54, 1.807) is 0 Å². The first-order valence-electron chi connectivity index (χ1n) is 7.29. The summed E-state index contributed by atoms with van der Waals surface area (Å²) in [6, 6.07) is 0.333. The summed E-state index contributed by atoms with van der Waals surface area (Å²) in [5.41, 5.74) is 0.850. The number of amides is 1. The van der Waals surface area contributed by atoms with Crippen LogP contribution in [0.4, 0.5) is 0 Å². The van der Waals surface area contributed by atoms with Gasteiger partial charge in [-0.3, -0.25) is 4.79 Å². The molecule has 1 amide bonds. The van der Waals surface area contributed by atoms with Crippen molar-refractivity contribution >= 4 is 17.2 Å². The highest BCUT2D eigenvalue weighted by Gasteiger charge is 2.28. The Balaban J connectivity index is 1.79. The predicted octanol–water partition coefficient (Wildman–Crippen LogP) is 2.74. The van der Waals surface area contributed by atoms with E-state index in [2.05, 4.69) is 14.5 Å². The van der Waals surface area contributed by atoms with Crippen molar-refractivity contribution in [1.29, 1.82) is 0 Å². The smallest absolute Gasteiger partial charge is 0.265 e. The molecule has 0 saturated carbocycles. The summed E-state index contributed by atoms with van der Waals surface area (Å²) in [5, 5.41) is 0.954. The zero-order valence-electron chi connectivity index (χ0n) is 12.7. The number of thiazole rings is 1. The van der Waals surface area contributed by atoms with Crippen molar-refractivity contribution in [2.45, 2.75) is 39.7 Å². The van der Waals surface area contributed by atoms with Gasteiger partial charge in [-0.05, 0) is 33.6 Å². The Morgan fingerprint density at radius 2 is 2.19 bits per heavy atom. The van der Waals surface area contributed by atoms with Crippen LogP contribution in [-0.2, 0) is 0 Å². The van der Waals surface area contributed by atoms with Gasteiger partial charge in [0.2, 0.25) is 0 Å². The van der Waals surface area contributed by atoms with Crippen LogP contribution in [0.1, 0.15) is 45.1 Å². The lowest BCUT2D eigenvalue weighted by atomic mass is 10.0. The number of carbonyl (C=O) groups excluding carboxylic acids is 1. The van der Waals surface area contributed by atoms with Gasteiger partial charge < -0.3 is 9.47 Å². The molecule has 1 fully saturated rings. The Kier molecular flexibility index (Phi) is 3.80. The van der Waals surface area contributed by atoms with E-state index in [0.717, 1.165) is 47.3 Å². The molecule has 1 atom stereocenters. The van der Waals surface area contributed by atoms with Gasteiger partial charge in [0.15, 0.2) is 0 Å². The predicted molar refractivity (Wildman–Crippen MR) is 82.7 cm³/mol. The summed E-state index contributed by atoms with van der Waals surface area (Å²) in [4.78, 5) is 24.1. The highest BCUT2D eigenvalue weighted by Crippen LogP contribution is 2.26. The van der Waals surface area contributed by atoms with Crippen molar-refractivity contribution in [2.24, 2.45) is 0 Å². The summed E-state index contributed by atoms with van der Waals surface area (Å²) >= 11 is 1.50. The quantitative estimate of drug-likeness (QED) is 0.857. The van der Waals surface area contributed by atoms with Crippen molar-refractivity contribution in [3.63, 3.8) is 0 Å². The molecule has 0 radical (unpaired) electrons. The van der Waals surface area contributed by atoms with Gasteiger partial charge in [0.1, 0.15) is 10.7 Å². The average Bonchev–Trinajstić information content (AvgIpc) is 3.03. The third-order valence-corrected chi connectivity index (χ3v) is 5.10. The molecule has 21 heavy (non-hydrogen) atoms. The maximum absolute atomic E-state index is 12.7. The maximum atomic E-state index is 12.7. The molecule has 1 aliphatic rings. The van der Waals surface area contributed by atoms with Crippen LogP contribution < -0.4 is 0 Å². The van der Waals surface area contributed by atoms with Crippen molar-refractivity contribution in [3.05, 3.63) is 33.8 Å². The normalized spacial score (nSPS) is 19.0. The minimum absolute atomic E-state index is 0.126. The van der Waals surface area contributed by atoms with Crippen molar-refractivity contribution in [3.8, 4) is 0 Å². The molecule has 0 aromatic carbocycles. The molecule has 0 spiro atoms. The SMILES string of the molecule is Cc1nc(C)c(C(=O)N2CCCC(n3ccnc3C)C2)s1. The molecular formula is C15H20N4OS.